The van der Waals surface area contributed by atoms with E-state index < -0.39 is 0 Å². The second-order valence-corrected chi connectivity index (χ2v) is 11.5. The summed E-state index contributed by atoms with van der Waals surface area (Å²) < 4.78 is 5.32. The molecule has 0 atom stereocenters. The first-order valence-electron chi connectivity index (χ1n) is 15.9. The third kappa shape index (κ3) is 6.51. The van der Waals surface area contributed by atoms with Crippen molar-refractivity contribution in [3.8, 4) is 39.1 Å². The van der Waals surface area contributed by atoms with Gasteiger partial charge in [-0.2, -0.15) is 0 Å². The van der Waals surface area contributed by atoms with E-state index in [0.717, 1.165) is 34.2 Å². The molecule has 7 aromatic carbocycles. The zero-order chi connectivity index (χ0) is 32.0. The van der Waals surface area contributed by atoms with Gasteiger partial charge < -0.3 is 14.5 Å². The van der Waals surface area contributed by atoms with Gasteiger partial charge in [-0.1, -0.05) is 109 Å². The maximum atomic E-state index is 5.32. The highest BCUT2D eigenvalue weighted by atomic mass is 16.5. The standard InChI is InChI=1S/C44H36N2O/c1-45(40-27-29-44(47-2)30-28-40)39-23-19-35(20-24-39)36-21-25-41(26-22-36)46(42-17-9-15-37(31-42)33-11-5-3-6-12-33)43-18-10-16-38(32-43)34-13-7-4-8-14-34/h3-32H,1-2H3. The zero-order valence-corrected chi connectivity index (χ0v) is 26.6. The number of hydrogen-bond donors (Lipinski definition) is 0. The molecule has 0 saturated carbocycles. The van der Waals surface area contributed by atoms with Crippen LogP contribution < -0.4 is 14.5 Å². The van der Waals surface area contributed by atoms with Crippen molar-refractivity contribution >= 4 is 28.4 Å². The van der Waals surface area contributed by atoms with Crippen molar-refractivity contribution in [2.45, 2.75) is 0 Å². The van der Waals surface area contributed by atoms with Crippen LogP contribution in [0.3, 0.4) is 0 Å². The first kappa shape index (κ1) is 29.6. The highest BCUT2D eigenvalue weighted by Crippen LogP contribution is 2.39. The maximum absolute atomic E-state index is 5.32. The number of methoxy groups -OCH3 is 1. The van der Waals surface area contributed by atoms with Crippen molar-refractivity contribution in [2.75, 3.05) is 24.0 Å². The minimum Gasteiger partial charge on any atom is -0.497 e. The lowest BCUT2D eigenvalue weighted by Gasteiger charge is -2.27. The molecule has 0 aliphatic heterocycles. The Labute approximate surface area is 277 Å². The van der Waals surface area contributed by atoms with E-state index in [1.807, 2.05) is 12.1 Å². The fourth-order valence-electron chi connectivity index (χ4n) is 5.99. The maximum Gasteiger partial charge on any atom is 0.119 e. The second-order valence-electron chi connectivity index (χ2n) is 11.5. The smallest absolute Gasteiger partial charge is 0.119 e. The van der Waals surface area contributed by atoms with Gasteiger partial charge in [0.25, 0.3) is 0 Å². The number of hydrogen-bond acceptors (Lipinski definition) is 3. The van der Waals surface area contributed by atoms with Crippen molar-refractivity contribution in [1.29, 1.82) is 0 Å². The zero-order valence-electron chi connectivity index (χ0n) is 26.6. The Bertz CT molecular complexity index is 1970. The summed E-state index contributed by atoms with van der Waals surface area (Å²) in [5, 5.41) is 0. The molecule has 47 heavy (non-hydrogen) atoms. The molecule has 3 heteroatoms. The van der Waals surface area contributed by atoms with Crippen LogP contribution in [0.5, 0.6) is 5.75 Å². The SMILES string of the molecule is COc1ccc(N(C)c2ccc(-c3ccc(N(c4cccc(-c5ccccc5)c4)c4cccc(-c5ccccc5)c4)cc3)cc2)cc1. The lowest BCUT2D eigenvalue weighted by Crippen LogP contribution is -2.10. The summed E-state index contributed by atoms with van der Waals surface area (Å²) in [6, 6.07) is 64.4. The van der Waals surface area contributed by atoms with E-state index in [0.29, 0.717) is 0 Å². The van der Waals surface area contributed by atoms with Crippen LogP contribution in [0.15, 0.2) is 182 Å². The third-order valence-electron chi connectivity index (χ3n) is 8.60. The number of rotatable bonds is 9. The van der Waals surface area contributed by atoms with Crippen LogP contribution in [0.1, 0.15) is 0 Å². The summed E-state index contributed by atoms with van der Waals surface area (Å²) in [6.45, 7) is 0. The summed E-state index contributed by atoms with van der Waals surface area (Å²) in [5.74, 6) is 0.854. The molecule has 0 aromatic heterocycles. The largest absolute Gasteiger partial charge is 0.497 e. The molecule has 0 spiro atoms. The van der Waals surface area contributed by atoms with Crippen molar-refractivity contribution in [3.05, 3.63) is 182 Å². The molecule has 0 amide bonds. The topological polar surface area (TPSA) is 15.7 Å². The molecule has 7 aromatic rings. The molecule has 0 aliphatic carbocycles. The van der Waals surface area contributed by atoms with Crippen LogP contribution in [-0.4, -0.2) is 14.2 Å². The number of benzene rings is 7. The highest BCUT2D eigenvalue weighted by molar-refractivity contribution is 5.83. The van der Waals surface area contributed by atoms with Crippen LogP contribution in [0.2, 0.25) is 0 Å². The van der Waals surface area contributed by atoms with Crippen LogP contribution >= 0.6 is 0 Å². The summed E-state index contributed by atoms with van der Waals surface area (Å²) in [7, 11) is 3.77. The van der Waals surface area contributed by atoms with Crippen molar-refractivity contribution in [2.24, 2.45) is 0 Å². The third-order valence-corrected chi connectivity index (χ3v) is 8.60. The van der Waals surface area contributed by atoms with Gasteiger partial charge in [-0.25, -0.2) is 0 Å². The average Bonchev–Trinajstić information content (AvgIpc) is 3.16. The number of ether oxygens (including phenoxy) is 1. The Morgan fingerprint density at radius 1 is 0.340 bits per heavy atom. The molecule has 0 N–H and O–H groups in total. The quantitative estimate of drug-likeness (QED) is 0.162. The number of anilines is 5. The van der Waals surface area contributed by atoms with Gasteiger partial charge in [0.1, 0.15) is 5.75 Å². The lowest BCUT2D eigenvalue weighted by atomic mass is 10.0. The predicted molar refractivity (Wildman–Crippen MR) is 198 cm³/mol. The van der Waals surface area contributed by atoms with Crippen molar-refractivity contribution < 1.29 is 4.74 Å². The first-order valence-corrected chi connectivity index (χ1v) is 15.9. The van der Waals surface area contributed by atoms with Crippen LogP contribution in [-0.2, 0) is 0 Å². The van der Waals surface area contributed by atoms with E-state index in [9.17, 15) is 0 Å². The van der Waals surface area contributed by atoms with Gasteiger partial charge in [0.05, 0.1) is 7.11 Å². The lowest BCUT2D eigenvalue weighted by molar-refractivity contribution is 0.415. The van der Waals surface area contributed by atoms with Crippen LogP contribution in [0.25, 0.3) is 33.4 Å². The van der Waals surface area contributed by atoms with Gasteiger partial charge >= 0.3 is 0 Å². The molecular weight excluding hydrogens is 572 g/mol. The van der Waals surface area contributed by atoms with Gasteiger partial charge in [0, 0.05) is 35.5 Å². The molecule has 0 bridgehead atoms. The summed E-state index contributed by atoms with van der Waals surface area (Å²) in [6.07, 6.45) is 0. The van der Waals surface area contributed by atoms with E-state index in [2.05, 4.69) is 187 Å². The van der Waals surface area contributed by atoms with E-state index in [1.54, 1.807) is 7.11 Å². The summed E-state index contributed by atoms with van der Waals surface area (Å²) in [5.41, 5.74) is 12.6. The van der Waals surface area contributed by atoms with Crippen molar-refractivity contribution in [1.82, 2.24) is 0 Å². The van der Waals surface area contributed by atoms with E-state index in [-0.39, 0.29) is 0 Å². The van der Waals surface area contributed by atoms with Crippen LogP contribution in [0.4, 0.5) is 28.4 Å². The van der Waals surface area contributed by atoms with E-state index >= 15 is 0 Å². The average molecular weight is 609 g/mol. The highest BCUT2D eigenvalue weighted by Gasteiger charge is 2.15. The molecule has 0 radical (unpaired) electrons. The van der Waals surface area contributed by atoms with E-state index in [1.165, 1.54) is 33.4 Å². The summed E-state index contributed by atoms with van der Waals surface area (Å²) in [4.78, 5) is 4.52. The van der Waals surface area contributed by atoms with Gasteiger partial charge in [0.15, 0.2) is 0 Å². The first-order chi connectivity index (χ1) is 23.2. The molecule has 0 unspecified atom stereocenters. The van der Waals surface area contributed by atoms with E-state index in [4.69, 9.17) is 4.74 Å². The molecule has 0 aliphatic rings. The normalized spacial score (nSPS) is 10.8. The minimum absolute atomic E-state index is 0.854. The Hall–Kier alpha value is -6.06. The minimum atomic E-state index is 0.854. The van der Waals surface area contributed by atoms with Crippen molar-refractivity contribution in [3.63, 3.8) is 0 Å². The molecule has 0 saturated heterocycles. The van der Waals surface area contributed by atoms with Gasteiger partial charge in [0.2, 0.25) is 0 Å². The monoisotopic (exact) mass is 608 g/mol. The fourth-order valence-corrected chi connectivity index (χ4v) is 5.99. The summed E-state index contributed by atoms with van der Waals surface area (Å²) >= 11 is 0. The molecule has 7 rings (SSSR count). The Morgan fingerprint density at radius 2 is 0.723 bits per heavy atom. The fraction of sp³-hybridized carbons (Fsp3) is 0.0455. The molecule has 228 valence electrons. The molecular formula is C44H36N2O. The Balaban J connectivity index is 1.22. The molecule has 0 heterocycles. The van der Waals surface area contributed by atoms with Gasteiger partial charge in [-0.15, -0.1) is 0 Å². The predicted octanol–water partition coefficient (Wildman–Crippen LogP) is 11.9. The molecule has 3 nitrogen and oxygen atoms in total. The number of nitrogens with zero attached hydrogens (tertiary/aromatic N) is 2. The Morgan fingerprint density at radius 3 is 1.17 bits per heavy atom. The molecule has 0 fully saturated rings. The van der Waals surface area contributed by atoms with Crippen LogP contribution in [0, 0.1) is 0 Å². The second kappa shape index (κ2) is 13.5. The Kier molecular flexibility index (Phi) is 8.52. The van der Waals surface area contributed by atoms with Gasteiger partial charge in [-0.05, 0) is 106 Å². The van der Waals surface area contributed by atoms with Gasteiger partial charge in [-0.3, -0.25) is 0 Å².